The molecule has 0 saturated heterocycles. The van der Waals surface area contributed by atoms with Crippen LogP contribution in [0.2, 0.25) is 0 Å². The number of carbonyl (C=O) groups is 2. The first kappa shape index (κ1) is 13.7. The van der Waals surface area contributed by atoms with Crippen LogP contribution in [0.4, 0.5) is 4.39 Å². The van der Waals surface area contributed by atoms with Crippen LogP contribution in [0.1, 0.15) is 46.7 Å². The lowest BCUT2D eigenvalue weighted by molar-refractivity contribution is -0.141. The summed E-state index contributed by atoms with van der Waals surface area (Å²) in [5.41, 5.74) is 1.99. The molecule has 0 bridgehead atoms. The average molecular weight is 303 g/mol. The summed E-state index contributed by atoms with van der Waals surface area (Å²) in [4.78, 5) is 25.5. The van der Waals surface area contributed by atoms with E-state index in [-0.39, 0.29) is 19.0 Å². The Labute approximate surface area is 128 Å². The zero-order valence-corrected chi connectivity index (χ0v) is 12.5. The molecule has 4 rings (SSSR count). The van der Waals surface area contributed by atoms with Crippen molar-refractivity contribution in [1.29, 1.82) is 0 Å². The molecule has 2 saturated carbocycles. The number of carbonyl (C=O) groups excluding carboxylic acids is 2. The smallest absolute Gasteiger partial charge is 0.325 e. The van der Waals surface area contributed by atoms with Crippen molar-refractivity contribution < 1.29 is 18.7 Å². The van der Waals surface area contributed by atoms with Crippen molar-refractivity contribution in [2.45, 2.75) is 36.8 Å². The lowest BCUT2D eigenvalue weighted by Gasteiger charge is -2.34. The molecular weight excluding hydrogens is 285 g/mol. The summed E-state index contributed by atoms with van der Waals surface area (Å²) in [6.07, 6.45) is 1.84. The van der Waals surface area contributed by atoms with Gasteiger partial charge in [0.2, 0.25) is 0 Å². The zero-order valence-electron chi connectivity index (χ0n) is 12.5. The predicted octanol–water partition coefficient (Wildman–Crippen LogP) is 2.17. The fourth-order valence-electron chi connectivity index (χ4n) is 3.55. The fourth-order valence-corrected chi connectivity index (χ4v) is 3.55. The first-order valence-electron chi connectivity index (χ1n) is 7.70. The number of amides is 1. The monoisotopic (exact) mass is 303 g/mol. The number of nitrogens with zero attached hydrogens (tertiary/aromatic N) is 1. The van der Waals surface area contributed by atoms with Crippen LogP contribution in [-0.2, 0) is 14.9 Å². The number of rotatable bonds is 3. The molecule has 0 unspecified atom stereocenters. The highest BCUT2D eigenvalue weighted by Crippen LogP contribution is 2.55. The van der Waals surface area contributed by atoms with E-state index in [0.29, 0.717) is 17.9 Å². The average Bonchev–Trinajstić information content (AvgIpc) is 3.42. The van der Waals surface area contributed by atoms with Crippen molar-refractivity contribution in [1.82, 2.24) is 4.90 Å². The van der Waals surface area contributed by atoms with Crippen LogP contribution < -0.4 is 0 Å². The van der Waals surface area contributed by atoms with Gasteiger partial charge in [0.1, 0.15) is 12.7 Å². The van der Waals surface area contributed by atoms with Gasteiger partial charge in [-0.15, -0.1) is 0 Å². The molecule has 4 nitrogen and oxygen atoms in total. The van der Waals surface area contributed by atoms with Crippen molar-refractivity contribution >= 4 is 11.9 Å². The molecule has 2 atom stereocenters. The molecule has 2 aliphatic carbocycles. The van der Waals surface area contributed by atoms with Gasteiger partial charge < -0.3 is 9.64 Å². The number of halogens is 1. The summed E-state index contributed by atoms with van der Waals surface area (Å²) < 4.78 is 18.8. The number of benzene rings is 1. The minimum absolute atomic E-state index is 0.117. The van der Waals surface area contributed by atoms with Gasteiger partial charge in [-0.2, -0.15) is 0 Å². The van der Waals surface area contributed by atoms with Gasteiger partial charge in [-0.1, -0.05) is 12.1 Å². The van der Waals surface area contributed by atoms with Crippen LogP contribution in [0.25, 0.3) is 0 Å². The van der Waals surface area contributed by atoms with Crippen molar-refractivity contribution in [2.24, 2.45) is 0 Å². The van der Waals surface area contributed by atoms with Crippen molar-refractivity contribution in [3.8, 4) is 0 Å². The normalized spacial score (nSPS) is 29.5. The maximum absolute atomic E-state index is 14.1. The zero-order chi connectivity index (χ0) is 15.5. The van der Waals surface area contributed by atoms with Gasteiger partial charge in [0.25, 0.3) is 5.91 Å². The highest BCUT2D eigenvalue weighted by molar-refractivity contribution is 5.99. The van der Waals surface area contributed by atoms with Crippen molar-refractivity contribution in [2.75, 3.05) is 20.2 Å². The predicted molar refractivity (Wildman–Crippen MR) is 77.5 cm³/mol. The van der Waals surface area contributed by atoms with Crippen LogP contribution in [-0.4, -0.2) is 43.1 Å². The molecule has 1 spiro atoms. The van der Waals surface area contributed by atoms with Gasteiger partial charge in [0, 0.05) is 17.5 Å². The van der Waals surface area contributed by atoms with Crippen molar-refractivity contribution in [3.05, 3.63) is 34.9 Å². The minimum atomic E-state index is -0.936. The van der Waals surface area contributed by atoms with Crippen LogP contribution in [0.3, 0.4) is 0 Å². The van der Waals surface area contributed by atoms with E-state index in [1.54, 1.807) is 0 Å². The van der Waals surface area contributed by atoms with Gasteiger partial charge in [0.05, 0.1) is 7.11 Å². The van der Waals surface area contributed by atoms with E-state index in [2.05, 4.69) is 4.74 Å². The summed E-state index contributed by atoms with van der Waals surface area (Å²) in [7, 11) is 1.29. The van der Waals surface area contributed by atoms with Crippen LogP contribution in [0.5, 0.6) is 0 Å². The molecule has 1 aliphatic heterocycles. The molecule has 116 valence electrons. The standard InChI is InChI=1S/C17H18FNO3/c1-22-15(20)8-19-9-17(7-14(17)18)13-6-11(10-2-3-10)4-5-12(13)16(19)21/h4-6,10,14H,2-3,7-9H2,1H3/t14-,17-/m0/s1. The molecule has 5 heteroatoms. The summed E-state index contributed by atoms with van der Waals surface area (Å²) in [5, 5.41) is 0. The lowest BCUT2D eigenvalue weighted by atomic mass is 9.84. The van der Waals surface area contributed by atoms with Gasteiger partial charge in [-0.3, -0.25) is 9.59 Å². The highest BCUT2D eigenvalue weighted by atomic mass is 19.1. The lowest BCUT2D eigenvalue weighted by Crippen LogP contribution is -2.46. The molecule has 1 amide bonds. The van der Waals surface area contributed by atoms with Crippen LogP contribution in [0, 0.1) is 0 Å². The van der Waals surface area contributed by atoms with E-state index < -0.39 is 17.6 Å². The third-order valence-electron chi connectivity index (χ3n) is 5.15. The highest BCUT2D eigenvalue weighted by Gasteiger charge is 2.61. The Hall–Kier alpha value is -1.91. The second kappa shape index (κ2) is 4.54. The molecule has 3 aliphatic rings. The number of esters is 1. The van der Waals surface area contributed by atoms with Gasteiger partial charge in [-0.25, -0.2) is 4.39 Å². The third-order valence-corrected chi connectivity index (χ3v) is 5.15. The maximum Gasteiger partial charge on any atom is 0.325 e. The Morgan fingerprint density at radius 1 is 1.45 bits per heavy atom. The Bertz CT molecular complexity index is 670. The second-order valence-electron chi connectivity index (χ2n) is 6.64. The molecule has 0 radical (unpaired) electrons. The number of methoxy groups -OCH3 is 1. The molecule has 22 heavy (non-hydrogen) atoms. The maximum atomic E-state index is 14.1. The number of alkyl halides is 1. The number of hydrogen-bond donors (Lipinski definition) is 0. The molecular formula is C17H18FNO3. The topological polar surface area (TPSA) is 46.6 Å². The minimum Gasteiger partial charge on any atom is -0.468 e. The number of fused-ring (bicyclic) bond motifs is 2. The first-order chi connectivity index (χ1) is 10.5. The van der Waals surface area contributed by atoms with Crippen LogP contribution >= 0.6 is 0 Å². The quantitative estimate of drug-likeness (QED) is 0.804. The summed E-state index contributed by atoms with van der Waals surface area (Å²) in [6, 6.07) is 5.81. The Morgan fingerprint density at radius 2 is 2.18 bits per heavy atom. The summed E-state index contributed by atoms with van der Waals surface area (Å²) >= 11 is 0. The Balaban J connectivity index is 1.73. The van der Waals surface area contributed by atoms with E-state index >= 15 is 0 Å². The van der Waals surface area contributed by atoms with E-state index in [1.165, 1.54) is 30.4 Å². The SMILES string of the molecule is COC(=O)CN1C[C@@]2(C[C@@H]2F)c2cc(C3CC3)ccc2C1=O. The first-order valence-corrected chi connectivity index (χ1v) is 7.70. The molecule has 1 heterocycles. The molecule has 2 fully saturated rings. The Kier molecular flexibility index (Phi) is 2.83. The summed E-state index contributed by atoms with van der Waals surface area (Å²) in [5.74, 6) is -0.104. The number of ether oxygens (including phenoxy) is 1. The van der Waals surface area contributed by atoms with Gasteiger partial charge in [0.15, 0.2) is 0 Å². The largest absolute Gasteiger partial charge is 0.468 e. The van der Waals surface area contributed by atoms with E-state index in [4.69, 9.17) is 0 Å². The van der Waals surface area contributed by atoms with Gasteiger partial charge in [-0.05, 0) is 42.4 Å². The molecule has 1 aromatic rings. The Morgan fingerprint density at radius 3 is 2.77 bits per heavy atom. The second-order valence-corrected chi connectivity index (χ2v) is 6.64. The molecule has 1 aromatic carbocycles. The number of hydrogen-bond acceptors (Lipinski definition) is 3. The third kappa shape index (κ3) is 1.95. The van der Waals surface area contributed by atoms with Gasteiger partial charge >= 0.3 is 5.97 Å². The van der Waals surface area contributed by atoms with E-state index in [0.717, 1.165) is 5.56 Å². The van der Waals surface area contributed by atoms with E-state index in [1.807, 2.05) is 18.2 Å². The summed E-state index contributed by atoms with van der Waals surface area (Å²) in [6.45, 7) is 0.150. The van der Waals surface area contributed by atoms with Crippen molar-refractivity contribution in [3.63, 3.8) is 0 Å². The molecule has 0 aromatic heterocycles. The fraction of sp³-hybridized carbons (Fsp3) is 0.529. The van der Waals surface area contributed by atoms with E-state index in [9.17, 15) is 14.0 Å². The van der Waals surface area contributed by atoms with Crippen LogP contribution in [0.15, 0.2) is 18.2 Å². The molecule has 0 N–H and O–H groups in total.